The molecule has 0 fully saturated rings. The Bertz CT molecular complexity index is 8070. The van der Waals surface area contributed by atoms with Gasteiger partial charge in [0.1, 0.15) is 0 Å². The number of benzene rings is 17. The minimum Gasteiger partial charge on any atom is -0.310 e. The summed E-state index contributed by atoms with van der Waals surface area (Å²) in [6.45, 7) is 12.3. The summed E-state index contributed by atoms with van der Waals surface area (Å²) >= 11 is 0. The summed E-state index contributed by atoms with van der Waals surface area (Å²) in [6, 6.07) is 105. The molecule has 17 aromatic carbocycles. The fourth-order valence-electron chi connectivity index (χ4n) is 19.6. The molecule has 116 heavy (non-hydrogen) atoms. The number of hydrogen-bond acceptors (Lipinski definition) is 2. The molecule has 0 amide bonds. The first-order valence-electron chi connectivity index (χ1n) is 45.0. The number of nitrogens with zero attached hydrogens (tertiary/aromatic N) is 5. The van der Waals surface area contributed by atoms with E-state index in [0.717, 1.165) is 171 Å². The highest BCUT2D eigenvalue weighted by Gasteiger charge is 2.47. The molecule has 5 nitrogen and oxygen atoms in total. The largest absolute Gasteiger partial charge is 0.310 e. The van der Waals surface area contributed by atoms with Gasteiger partial charge in [-0.05, 0) is 192 Å². The monoisotopic (exact) mass is 1490 g/mol. The topological polar surface area (TPSA) is 20.2 Å². The van der Waals surface area contributed by atoms with Crippen LogP contribution in [0.25, 0.3) is 170 Å². The van der Waals surface area contributed by atoms with E-state index in [2.05, 4.69) is 339 Å². The molecule has 0 saturated heterocycles. The van der Waals surface area contributed by atoms with Crippen LogP contribution in [0.5, 0.6) is 0 Å². The Labute approximate surface area is 687 Å². The molecule has 0 atom stereocenters. The zero-order chi connectivity index (χ0) is 85.8. The highest BCUT2D eigenvalue weighted by molar-refractivity contribution is 7.00. The molecule has 7 heterocycles. The van der Waals surface area contributed by atoms with Crippen molar-refractivity contribution in [2.24, 2.45) is 0 Å². The molecular formula is C110H78BN5. The number of hydrogen-bond donors (Lipinski definition) is 0. The summed E-state index contributed by atoms with van der Waals surface area (Å²) < 4.78 is 108. The highest BCUT2D eigenvalue weighted by Crippen LogP contribution is 2.57. The zero-order valence-electron chi connectivity index (χ0n) is 74.7. The van der Waals surface area contributed by atoms with Crippen LogP contribution in [-0.2, 0) is 10.8 Å². The average molecular weight is 1490 g/mol. The van der Waals surface area contributed by atoms with Crippen molar-refractivity contribution >= 4 is 155 Å². The van der Waals surface area contributed by atoms with Crippen LogP contribution in [0, 0.1) is 0 Å². The van der Waals surface area contributed by atoms with E-state index in [1.807, 2.05) is 24.3 Å². The summed E-state index contributed by atoms with van der Waals surface area (Å²) in [5, 5.41) is 8.45. The highest BCUT2D eigenvalue weighted by atomic mass is 15.2. The molecule has 0 spiro atoms. The first-order valence-corrected chi connectivity index (χ1v) is 40.0. The molecule has 0 unspecified atom stereocenters. The van der Waals surface area contributed by atoms with Crippen LogP contribution >= 0.6 is 0 Å². The van der Waals surface area contributed by atoms with Gasteiger partial charge in [-0.15, -0.1) is 0 Å². The Morgan fingerprint density at radius 3 is 1.18 bits per heavy atom. The Hall–Kier alpha value is -14.2. The van der Waals surface area contributed by atoms with E-state index < -0.39 is 60.5 Å². The normalized spacial score (nSPS) is 14.2. The first kappa shape index (κ1) is 56.9. The molecule has 546 valence electrons. The molecule has 0 N–H and O–H groups in total. The van der Waals surface area contributed by atoms with Gasteiger partial charge in [-0.1, -0.05) is 296 Å². The maximum Gasteiger partial charge on any atom is 0.252 e. The third-order valence-electron chi connectivity index (χ3n) is 24.9. The predicted molar refractivity (Wildman–Crippen MR) is 494 cm³/mol. The quantitative estimate of drug-likeness (QED) is 0.134. The first-order chi connectivity index (χ1) is 61.0. The second-order valence-corrected chi connectivity index (χ2v) is 33.5. The van der Waals surface area contributed by atoms with Crippen LogP contribution in [0.2, 0.25) is 0 Å². The van der Waals surface area contributed by atoms with Crippen LogP contribution in [0.4, 0.5) is 34.1 Å². The minimum absolute atomic E-state index is 0.0244. The summed E-state index contributed by atoms with van der Waals surface area (Å²) in [7, 11) is 0. The summed E-state index contributed by atoms with van der Waals surface area (Å²) in [5.41, 5.74) is 24.6. The van der Waals surface area contributed by atoms with Gasteiger partial charge >= 0.3 is 0 Å². The van der Waals surface area contributed by atoms with E-state index in [1.54, 1.807) is 4.57 Å². The molecule has 6 heteroatoms. The number of fused-ring (bicyclic) bond motifs is 19. The summed E-state index contributed by atoms with van der Waals surface area (Å²) in [6.07, 6.45) is 0. The van der Waals surface area contributed by atoms with Gasteiger partial charge in [0.2, 0.25) is 0 Å². The lowest BCUT2D eigenvalue weighted by Crippen LogP contribution is -2.61. The van der Waals surface area contributed by atoms with Crippen molar-refractivity contribution in [1.29, 1.82) is 0 Å². The van der Waals surface area contributed by atoms with Crippen LogP contribution < -0.4 is 26.2 Å². The molecule has 5 aromatic heterocycles. The van der Waals surface area contributed by atoms with Gasteiger partial charge in [0.15, 0.2) is 0 Å². The molecule has 0 bridgehead atoms. The number of anilines is 6. The predicted octanol–water partition coefficient (Wildman–Crippen LogP) is 27.8. The van der Waals surface area contributed by atoms with Crippen molar-refractivity contribution in [3.63, 3.8) is 0 Å². The van der Waals surface area contributed by atoms with Crippen molar-refractivity contribution in [3.8, 4) is 72.4 Å². The minimum atomic E-state index is -0.928. The molecule has 22 aromatic rings. The molecule has 2 aliphatic heterocycles. The average Bonchev–Trinajstić information content (AvgIpc) is 0.931. The van der Waals surface area contributed by atoms with E-state index >= 15 is 0 Å². The molecule has 24 rings (SSSR count). The number of rotatable bonds is 9. The summed E-state index contributed by atoms with van der Waals surface area (Å²) in [5.74, 6) is 0. The van der Waals surface area contributed by atoms with Gasteiger partial charge in [0.25, 0.3) is 6.71 Å². The van der Waals surface area contributed by atoms with Crippen molar-refractivity contribution in [2.75, 3.05) is 9.80 Å². The molecular weight excluding hydrogens is 1400 g/mol. The second-order valence-electron chi connectivity index (χ2n) is 33.5. The van der Waals surface area contributed by atoms with E-state index in [-0.39, 0.29) is 39.3 Å². The van der Waals surface area contributed by atoms with Crippen LogP contribution in [0.1, 0.15) is 66.4 Å². The number of para-hydroxylation sites is 7. The van der Waals surface area contributed by atoms with E-state index in [1.165, 1.54) is 0 Å². The van der Waals surface area contributed by atoms with Crippen molar-refractivity contribution in [2.45, 2.75) is 52.4 Å². The molecule has 2 aliphatic rings. The lowest BCUT2D eigenvalue weighted by Gasteiger charge is -2.46. The molecule has 0 radical (unpaired) electrons. The third kappa shape index (κ3) is 9.65. The lowest BCUT2D eigenvalue weighted by molar-refractivity contribution is 0.590. The van der Waals surface area contributed by atoms with Crippen LogP contribution in [0.15, 0.2) is 364 Å². The Kier molecular flexibility index (Phi) is 12.1. The van der Waals surface area contributed by atoms with Gasteiger partial charge in [-0.2, -0.15) is 0 Å². The van der Waals surface area contributed by atoms with E-state index in [9.17, 15) is 13.7 Å². The van der Waals surface area contributed by atoms with Gasteiger partial charge in [-0.3, -0.25) is 0 Å². The Morgan fingerprint density at radius 2 is 0.681 bits per heavy atom. The fraction of sp³-hybridized carbons (Fsp3) is 0.0727. The third-order valence-corrected chi connectivity index (χ3v) is 24.9. The van der Waals surface area contributed by atoms with Crippen LogP contribution in [-0.4, -0.2) is 20.1 Å². The van der Waals surface area contributed by atoms with Crippen molar-refractivity contribution in [3.05, 3.63) is 375 Å². The van der Waals surface area contributed by atoms with Gasteiger partial charge < -0.3 is 23.2 Å². The fourth-order valence-corrected chi connectivity index (χ4v) is 19.6. The molecule has 0 saturated carbocycles. The zero-order valence-corrected chi connectivity index (χ0v) is 64.7. The maximum absolute atomic E-state index is 12.1. The smallest absolute Gasteiger partial charge is 0.252 e. The van der Waals surface area contributed by atoms with Gasteiger partial charge in [-0.25, -0.2) is 0 Å². The van der Waals surface area contributed by atoms with Gasteiger partial charge in [0.05, 0.1) is 69.2 Å². The summed E-state index contributed by atoms with van der Waals surface area (Å²) in [4.78, 5) is 4.70. The Balaban J connectivity index is 0.918. The van der Waals surface area contributed by atoms with Crippen molar-refractivity contribution < 1.29 is 13.7 Å². The van der Waals surface area contributed by atoms with E-state index in [4.69, 9.17) is 0 Å². The SMILES string of the molecule is [2H]c1c2c3c(c([2H])c1C(C)(C)C)N(c1c(-c4cc5c6ccccc6n6c7ccccc7c(c4)c56)cccc1-c1cc4c5ccccc5n5c6ccccc6c(c1)c45)c1cc(-n4c5c([2H])c([2H])c([2H])c([2H])c5c5c([2H])c([2H])c([2H])c([2H])c54)ccc1B3c1cc(-c3ccccc3)ccc1N2c1c(-c2ccccc2)cc(C(C)(C)C)cc1-c1cccc(-c2ccccc2)c1. The van der Waals surface area contributed by atoms with Crippen molar-refractivity contribution in [1.82, 2.24) is 13.4 Å². The number of aromatic nitrogens is 3. The lowest BCUT2D eigenvalue weighted by atomic mass is 9.33. The van der Waals surface area contributed by atoms with Gasteiger partial charge in [0, 0.05) is 105 Å². The maximum atomic E-state index is 12.1. The van der Waals surface area contributed by atoms with E-state index in [0.29, 0.717) is 39.5 Å². The van der Waals surface area contributed by atoms with Crippen LogP contribution in [0.3, 0.4) is 0 Å². The standard InChI is InChI=1S/C110H78BN5/c1-109(2,3)75-62-86(69-34-14-9-15-35-69)106(87(63-75)72-37-28-36-70(56-72)67-30-10-7-11-31-67)115-100-55-52-71(68-32-12-8-13-33-68)61-93(100)111-92-54-53-77(112-94-46-22-16-38-80(94)81-39-17-23-47-95(81)112)66-101(92)116(103-65-76(110(4,5)6)64-102(115)104(103)111)105-78(73-57-88-82-40-18-24-48-96(82)113-97-49-25-19-41-83(97)89(58-73)107(88)113)44-29-45-79(105)74-59-90-84-42-20-26-50-98(84)114-99-51-27-21-43-85(99)91(60-74)108(90)114/h7-66H,1-6H3/i16D,17D,22D,23D,38D,39D,46D,47D,64D,65D. The Morgan fingerprint density at radius 1 is 0.267 bits per heavy atom. The molecule has 0 aliphatic carbocycles. The second kappa shape index (κ2) is 24.7.